The van der Waals surface area contributed by atoms with Gasteiger partial charge in [-0.25, -0.2) is 9.78 Å². The summed E-state index contributed by atoms with van der Waals surface area (Å²) in [6, 6.07) is -23.4. The minimum atomic E-state index is -2.14. The molecule has 1 rings (SSSR count). The molecule has 0 aliphatic carbocycles. The number of imidazole rings is 1. The van der Waals surface area contributed by atoms with Crippen LogP contribution >= 0.6 is 0 Å². The topological polar surface area (TPSA) is 683 Å². The Hall–Kier alpha value is -10.0. The fraction of sp³-hybridized carbons (Fsp3) is 0.655. The second kappa shape index (κ2) is 42.0. The molecule has 0 aliphatic rings. The van der Waals surface area contributed by atoms with E-state index >= 15 is 0 Å². The van der Waals surface area contributed by atoms with Gasteiger partial charge in [0.2, 0.25) is 76.8 Å². The minimum absolute atomic E-state index is 0.0313. The van der Waals surface area contributed by atoms with Crippen LogP contribution < -0.4 is 74.9 Å². The molecule has 0 fully saturated rings. The molecule has 0 saturated heterocycles. The molecule has 0 unspecified atom stereocenters. The van der Waals surface area contributed by atoms with Crippen LogP contribution in [0, 0.1) is 17.8 Å². The summed E-state index contributed by atoms with van der Waals surface area (Å²) in [6.07, 6.45) is -9.12. The number of carbonyl (C=O) groups is 17. The van der Waals surface area contributed by atoms with Crippen LogP contribution in [0.3, 0.4) is 0 Å². The van der Waals surface area contributed by atoms with Gasteiger partial charge in [0.1, 0.15) is 66.5 Å². The number of hydrogen-bond acceptors (Lipinski definition) is 24. The van der Waals surface area contributed by atoms with Crippen molar-refractivity contribution in [2.45, 2.75) is 211 Å². The van der Waals surface area contributed by atoms with Crippen LogP contribution in [0.25, 0.3) is 0 Å². The lowest BCUT2D eigenvalue weighted by Gasteiger charge is -2.30. The van der Waals surface area contributed by atoms with Gasteiger partial charge in [-0.3, -0.25) is 76.7 Å². The van der Waals surface area contributed by atoms with Crippen molar-refractivity contribution in [3.05, 3.63) is 18.2 Å². The number of carboxylic acid groups (broad SMARTS) is 4. The number of amides is 13. The van der Waals surface area contributed by atoms with E-state index in [-0.39, 0.29) is 11.6 Å². The fourth-order valence-corrected chi connectivity index (χ4v) is 8.79. The van der Waals surface area contributed by atoms with Crippen LogP contribution in [-0.4, -0.2) is 273 Å². The number of aliphatic carboxylic acids is 4. The van der Waals surface area contributed by atoms with Gasteiger partial charge in [0.25, 0.3) is 0 Å². The highest BCUT2D eigenvalue weighted by Gasteiger charge is 2.40. The van der Waals surface area contributed by atoms with Gasteiger partial charge < -0.3 is 126 Å². The summed E-state index contributed by atoms with van der Waals surface area (Å²) >= 11 is 0. The lowest BCUT2D eigenvalue weighted by Crippen LogP contribution is -2.64. The first kappa shape index (κ1) is 88.0. The summed E-state index contributed by atoms with van der Waals surface area (Å²) in [5.41, 5.74) is 5.85. The summed E-state index contributed by atoms with van der Waals surface area (Å²) in [4.78, 5) is 229. The third-order valence-electron chi connectivity index (χ3n) is 14.7. The molecule has 1 aromatic rings. The van der Waals surface area contributed by atoms with Gasteiger partial charge >= 0.3 is 23.9 Å². The number of H-pyrrole nitrogens is 1. The maximum absolute atomic E-state index is 14.2. The van der Waals surface area contributed by atoms with Gasteiger partial charge in [-0.15, -0.1) is 0 Å². The van der Waals surface area contributed by atoms with E-state index in [0.29, 0.717) is 0 Å². The molecule has 0 radical (unpaired) electrons. The molecule has 0 aliphatic heterocycles. The van der Waals surface area contributed by atoms with Gasteiger partial charge in [0.05, 0.1) is 68.5 Å². The van der Waals surface area contributed by atoms with Crippen molar-refractivity contribution in [3.8, 4) is 0 Å². The number of nitrogens with zero attached hydrogens (tertiary/aromatic N) is 1. The predicted octanol–water partition coefficient (Wildman–Crippen LogP) is -10.4. The SMILES string of the molecule is CC(C)[C@H](N)C(=O)N[C@H](C(=O)NCC(=O)N[C@@H](C)C(=O)N[C@H](C(=O)N[C@@H](CO)C(=O)N[C@@H](CC(=O)O)C(=O)N[C@@H](Cc1c[nH]cn1)C(=O)N[C@H](C(=O)N[C@H](C(=O)N[C@H](C(=O)N[C@@H](CCC(=O)O)C(=O)N[C@@H](CC(=O)O)C(=O)N[C@H](C(=O)O)[C@@H](C)O)C(C)C)[C@@H](C)O)[C@@H](C)O)C(C)C)[C@@H](C)O. The number of carbonyl (C=O) groups excluding carboxylic acids is 13. The molecular formula is C58H94N16O26. The lowest BCUT2D eigenvalue weighted by atomic mass is 10.0. The Labute approximate surface area is 571 Å². The van der Waals surface area contributed by atoms with Gasteiger partial charge in [-0.05, 0) is 58.8 Å². The summed E-state index contributed by atoms with van der Waals surface area (Å²) < 4.78 is 0. The standard InChI is InChI=1S/C58H94N16O26/c1-21(2)39(59)52(93)72-42(25(8)76)53(94)61-18-35(80)63-24(7)46(87)69-40(22(3)4)55(96)68-34(19-75)51(92)67-32(15-37(83)84)48(89)65-31(14-29-17-60-20-62-29)49(90)71-43(26(9)77)57(98)73-44(27(10)78)56(97)70-41(23(5)6)54(95)64-30(12-13-36(81)82)47(88)66-33(16-38(85)86)50(91)74-45(28(11)79)58(99)100/h17,20-28,30-34,39-45,75-79H,12-16,18-19,59H2,1-11H3,(H,60,62)(H,61,94)(H,63,80)(H,64,95)(H,65,89)(H,66,88)(H,67,92)(H,68,96)(H,69,87)(H,70,97)(H,71,90)(H,72,93)(H,73,98)(H,74,91)(H,81,82)(H,83,84)(H,85,86)(H,99,100)/t24-,25+,26+,27+,28+,30-,31-,32-,33-,34-,39-,40-,41-,42-,43-,44-,45-/m0/s1. The van der Waals surface area contributed by atoms with E-state index in [1.54, 1.807) is 13.8 Å². The highest BCUT2D eigenvalue weighted by Crippen LogP contribution is 2.12. The number of aromatic nitrogens is 2. The van der Waals surface area contributed by atoms with E-state index in [1.807, 2.05) is 10.6 Å². The molecule has 1 heterocycles. The van der Waals surface area contributed by atoms with Crippen molar-refractivity contribution in [2.24, 2.45) is 23.5 Å². The Morgan fingerprint density at radius 2 is 0.770 bits per heavy atom. The number of hydrogen-bond donors (Lipinski definition) is 24. The minimum Gasteiger partial charge on any atom is -0.481 e. The summed E-state index contributed by atoms with van der Waals surface area (Å²) in [5.74, 6) is -24.5. The number of carboxylic acids is 4. The highest BCUT2D eigenvalue weighted by atomic mass is 16.4. The Morgan fingerprint density at radius 3 is 1.18 bits per heavy atom. The van der Waals surface area contributed by atoms with E-state index in [0.717, 1.165) is 27.1 Å². The smallest absolute Gasteiger partial charge is 0.328 e. The quantitative estimate of drug-likeness (QED) is 0.0288. The fourth-order valence-electron chi connectivity index (χ4n) is 8.79. The molecule has 42 heteroatoms. The van der Waals surface area contributed by atoms with Crippen LogP contribution in [0.1, 0.15) is 108 Å². The van der Waals surface area contributed by atoms with Crippen LogP contribution in [0.2, 0.25) is 0 Å². The molecule has 0 aromatic carbocycles. The molecular weight excluding hydrogens is 1340 g/mol. The number of rotatable bonds is 44. The zero-order valence-corrected chi connectivity index (χ0v) is 56.6. The van der Waals surface area contributed by atoms with Crippen molar-refractivity contribution in [2.75, 3.05) is 13.2 Å². The molecule has 25 N–H and O–H groups in total. The van der Waals surface area contributed by atoms with Crippen molar-refractivity contribution in [1.29, 1.82) is 0 Å². The lowest BCUT2D eigenvalue weighted by molar-refractivity contribution is -0.146. The number of nitrogens with two attached hydrogens (primary N) is 1. The van der Waals surface area contributed by atoms with Crippen LogP contribution in [-0.2, 0) is 87.9 Å². The molecule has 0 saturated carbocycles. The first-order chi connectivity index (χ1) is 46.3. The van der Waals surface area contributed by atoms with E-state index in [9.17, 15) is 127 Å². The van der Waals surface area contributed by atoms with Gasteiger partial charge in [-0.2, -0.15) is 0 Å². The molecule has 1 aromatic heterocycles. The highest BCUT2D eigenvalue weighted by molar-refractivity contribution is 6.01. The molecule has 0 spiro atoms. The average molecular weight is 1430 g/mol. The van der Waals surface area contributed by atoms with Gasteiger partial charge in [-0.1, -0.05) is 41.5 Å². The maximum atomic E-state index is 14.2. The zero-order valence-electron chi connectivity index (χ0n) is 56.6. The van der Waals surface area contributed by atoms with E-state index < -0.39 is 261 Å². The van der Waals surface area contributed by atoms with Gasteiger partial charge in [0.15, 0.2) is 6.04 Å². The Balaban J connectivity index is 3.41. The normalized spacial score (nSPS) is 16.4. The van der Waals surface area contributed by atoms with Crippen LogP contribution in [0.4, 0.5) is 0 Å². The first-order valence-electron chi connectivity index (χ1n) is 31.2. The second-order valence-electron chi connectivity index (χ2n) is 24.4. The number of nitrogens with one attached hydrogen (secondary N) is 14. The predicted molar refractivity (Wildman–Crippen MR) is 339 cm³/mol. The van der Waals surface area contributed by atoms with E-state index in [2.05, 4.69) is 68.5 Å². The van der Waals surface area contributed by atoms with Crippen molar-refractivity contribution in [3.63, 3.8) is 0 Å². The summed E-state index contributed by atoms with van der Waals surface area (Å²) in [7, 11) is 0. The number of aliphatic hydroxyl groups excluding tert-OH is 5. The molecule has 42 nitrogen and oxygen atoms in total. The Kier molecular flexibility index (Phi) is 37.0. The average Bonchev–Trinajstić information content (AvgIpc) is 0.951. The van der Waals surface area contributed by atoms with E-state index in [1.165, 1.54) is 47.7 Å². The van der Waals surface area contributed by atoms with Crippen LogP contribution in [0.5, 0.6) is 0 Å². The Bertz CT molecular complexity index is 3050. The first-order valence-corrected chi connectivity index (χ1v) is 31.2. The monoisotopic (exact) mass is 1430 g/mol. The third-order valence-corrected chi connectivity index (χ3v) is 14.7. The van der Waals surface area contributed by atoms with E-state index in [4.69, 9.17) is 5.73 Å². The summed E-state index contributed by atoms with van der Waals surface area (Å²) in [5, 5.41) is 118. The molecule has 100 heavy (non-hydrogen) atoms. The molecule has 13 amide bonds. The largest absolute Gasteiger partial charge is 0.481 e. The van der Waals surface area contributed by atoms with Crippen molar-refractivity contribution in [1.82, 2.24) is 79.1 Å². The van der Waals surface area contributed by atoms with Crippen molar-refractivity contribution < 1.29 is 127 Å². The van der Waals surface area contributed by atoms with Crippen molar-refractivity contribution >= 4 is 101 Å². The number of aliphatic hydroxyl groups is 5. The summed E-state index contributed by atoms with van der Waals surface area (Å²) in [6.45, 7) is 12.3. The Morgan fingerprint density at radius 1 is 0.410 bits per heavy atom. The molecule has 0 bridgehead atoms. The second-order valence-corrected chi connectivity index (χ2v) is 24.4. The third kappa shape index (κ3) is 30.0. The maximum Gasteiger partial charge on any atom is 0.328 e. The molecule has 17 atom stereocenters. The zero-order chi connectivity index (χ0) is 76.9. The van der Waals surface area contributed by atoms with Crippen LogP contribution in [0.15, 0.2) is 12.5 Å². The molecule has 562 valence electrons. The van der Waals surface area contributed by atoms with Gasteiger partial charge in [0, 0.05) is 19.0 Å². The number of aromatic amines is 1.